The van der Waals surface area contributed by atoms with Gasteiger partial charge in [-0.2, -0.15) is 0 Å². The number of likely N-dealkylation sites (tertiary alicyclic amines) is 1. The lowest BCUT2D eigenvalue weighted by Crippen LogP contribution is -2.46. The molecule has 102 valence electrons. The summed E-state index contributed by atoms with van der Waals surface area (Å²) in [6.45, 7) is 1.59. The quantitative estimate of drug-likeness (QED) is 0.504. The molecule has 0 radical (unpaired) electrons. The molecule has 2 unspecified atom stereocenters. The molecule has 2 atom stereocenters. The van der Waals surface area contributed by atoms with E-state index in [2.05, 4.69) is 15.5 Å². The third-order valence-electron chi connectivity index (χ3n) is 3.36. The first kappa shape index (κ1) is 13.1. The van der Waals surface area contributed by atoms with E-state index in [1.54, 1.807) is 0 Å². The Kier molecular flexibility index (Phi) is 4.03. The molecule has 7 nitrogen and oxygen atoms in total. The van der Waals surface area contributed by atoms with Crippen LogP contribution in [0, 0.1) is 0 Å². The van der Waals surface area contributed by atoms with Gasteiger partial charge in [0.1, 0.15) is 0 Å². The van der Waals surface area contributed by atoms with Gasteiger partial charge < -0.3 is 20.8 Å². The van der Waals surface area contributed by atoms with Crippen molar-refractivity contribution >= 4 is 12.0 Å². The fraction of sp³-hybridized carbons (Fsp3) is 0.818. The van der Waals surface area contributed by atoms with E-state index in [0.29, 0.717) is 6.04 Å². The van der Waals surface area contributed by atoms with E-state index in [9.17, 15) is 9.59 Å². The fourth-order valence-corrected chi connectivity index (χ4v) is 2.19. The maximum atomic E-state index is 11.5. The van der Waals surface area contributed by atoms with Crippen molar-refractivity contribution in [1.29, 1.82) is 0 Å². The Hall–Kier alpha value is -1.34. The number of carbonyl (C=O) groups excluding carboxylic acids is 1. The van der Waals surface area contributed by atoms with Gasteiger partial charge in [0, 0.05) is 25.2 Å². The molecule has 0 spiro atoms. The van der Waals surface area contributed by atoms with Gasteiger partial charge in [0.05, 0.1) is 6.54 Å². The molecule has 4 N–H and O–H groups in total. The van der Waals surface area contributed by atoms with Crippen LogP contribution in [0.1, 0.15) is 19.3 Å². The number of nitrogens with zero attached hydrogens (tertiary/aromatic N) is 1. The lowest BCUT2D eigenvalue weighted by atomic mass is 10.3. The molecule has 0 bridgehead atoms. The number of carboxylic acid groups (broad SMARTS) is 1. The van der Waals surface area contributed by atoms with Crippen molar-refractivity contribution in [3.63, 3.8) is 0 Å². The third-order valence-corrected chi connectivity index (χ3v) is 3.36. The van der Waals surface area contributed by atoms with Crippen LogP contribution in [-0.4, -0.2) is 64.9 Å². The highest BCUT2D eigenvalue weighted by Gasteiger charge is 2.34. The van der Waals surface area contributed by atoms with Gasteiger partial charge in [-0.05, 0) is 19.3 Å². The van der Waals surface area contributed by atoms with Crippen LogP contribution in [-0.2, 0) is 4.79 Å². The summed E-state index contributed by atoms with van der Waals surface area (Å²) in [6, 6.07) is 0.402. The van der Waals surface area contributed by atoms with Crippen LogP contribution in [0.3, 0.4) is 0 Å². The summed E-state index contributed by atoms with van der Waals surface area (Å²) in [6.07, 6.45) is 1.88. The standard InChI is InChI=1S/C11H19N3O4/c15-9(10(16)17)5-12-11(18)13-7-3-4-14(6-7)8-1-2-8/h7-9,15H,1-6H2,(H,16,17)(H2,12,13,18). The third kappa shape index (κ3) is 3.58. The molecular weight excluding hydrogens is 238 g/mol. The molecule has 0 aromatic rings. The van der Waals surface area contributed by atoms with Gasteiger partial charge in [0.15, 0.2) is 6.10 Å². The lowest BCUT2D eigenvalue weighted by molar-refractivity contribution is -0.146. The summed E-state index contributed by atoms with van der Waals surface area (Å²) in [5, 5.41) is 22.6. The highest BCUT2D eigenvalue weighted by Crippen LogP contribution is 2.29. The van der Waals surface area contributed by atoms with Gasteiger partial charge in [-0.15, -0.1) is 0 Å². The smallest absolute Gasteiger partial charge is 0.334 e. The van der Waals surface area contributed by atoms with Crippen LogP contribution < -0.4 is 10.6 Å². The van der Waals surface area contributed by atoms with Gasteiger partial charge in [0.2, 0.25) is 0 Å². The Balaban J connectivity index is 1.63. The zero-order valence-corrected chi connectivity index (χ0v) is 10.1. The predicted molar refractivity (Wildman–Crippen MR) is 63.2 cm³/mol. The minimum atomic E-state index is -1.55. The Labute approximate surface area is 105 Å². The molecule has 2 aliphatic rings. The largest absolute Gasteiger partial charge is 0.479 e. The predicted octanol–water partition coefficient (Wildman–Crippen LogP) is -1.03. The number of urea groups is 1. The first-order valence-electron chi connectivity index (χ1n) is 6.25. The Morgan fingerprint density at radius 2 is 2.06 bits per heavy atom. The molecule has 0 aromatic carbocycles. The number of hydrogen-bond acceptors (Lipinski definition) is 4. The number of aliphatic hydroxyl groups is 1. The molecule has 2 fully saturated rings. The fourth-order valence-electron chi connectivity index (χ4n) is 2.19. The molecular formula is C11H19N3O4. The molecule has 1 aliphatic carbocycles. The number of nitrogens with one attached hydrogen (secondary N) is 2. The Morgan fingerprint density at radius 3 is 2.67 bits per heavy atom. The monoisotopic (exact) mass is 257 g/mol. The van der Waals surface area contributed by atoms with Crippen LogP contribution >= 0.6 is 0 Å². The topological polar surface area (TPSA) is 102 Å². The molecule has 7 heteroatoms. The first-order valence-corrected chi connectivity index (χ1v) is 6.25. The number of aliphatic carboxylic acids is 1. The lowest BCUT2D eigenvalue weighted by Gasteiger charge is -2.16. The van der Waals surface area contributed by atoms with Crippen molar-refractivity contribution in [3.8, 4) is 0 Å². The number of amides is 2. The SMILES string of the molecule is O=C(NCC(O)C(=O)O)NC1CCN(C2CC2)C1. The van der Waals surface area contributed by atoms with Gasteiger partial charge >= 0.3 is 12.0 Å². The molecule has 1 aliphatic heterocycles. The molecule has 1 saturated carbocycles. The van der Waals surface area contributed by atoms with Crippen molar-refractivity contribution in [2.24, 2.45) is 0 Å². The minimum absolute atomic E-state index is 0.118. The van der Waals surface area contributed by atoms with E-state index in [-0.39, 0.29) is 12.6 Å². The van der Waals surface area contributed by atoms with Crippen LogP contribution in [0.25, 0.3) is 0 Å². The highest BCUT2D eigenvalue weighted by atomic mass is 16.4. The van der Waals surface area contributed by atoms with Crippen LogP contribution in [0.4, 0.5) is 4.79 Å². The molecule has 1 heterocycles. The van der Waals surface area contributed by atoms with Crippen LogP contribution in [0.5, 0.6) is 0 Å². The van der Waals surface area contributed by atoms with E-state index in [1.807, 2.05) is 0 Å². The Bertz CT molecular complexity index is 332. The second-order valence-electron chi connectivity index (χ2n) is 4.92. The molecule has 0 aromatic heterocycles. The number of aliphatic hydroxyl groups excluding tert-OH is 1. The van der Waals surface area contributed by atoms with Gasteiger partial charge in [0.25, 0.3) is 0 Å². The second-order valence-corrected chi connectivity index (χ2v) is 4.92. The zero-order chi connectivity index (χ0) is 13.1. The van der Waals surface area contributed by atoms with E-state index >= 15 is 0 Å². The maximum Gasteiger partial charge on any atom is 0.334 e. The summed E-state index contributed by atoms with van der Waals surface area (Å²) in [5.41, 5.74) is 0. The van der Waals surface area contributed by atoms with Crippen molar-refractivity contribution in [3.05, 3.63) is 0 Å². The first-order chi connectivity index (χ1) is 8.56. The number of hydrogen-bond donors (Lipinski definition) is 4. The molecule has 2 rings (SSSR count). The van der Waals surface area contributed by atoms with Crippen molar-refractivity contribution in [2.75, 3.05) is 19.6 Å². The zero-order valence-electron chi connectivity index (χ0n) is 10.1. The Morgan fingerprint density at radius 1 is 1.33 bits per heavy atom. The second kappa shape index (κ2) is 5.53. The van der Waals surface area contributed by atoms with Crippen LogP contribution in [0.15, 0.2) is 0 Å². The summed E-state index contributed by atoms with van der Waals surface area (Å²) >= 11 is 0. The van der Waals surface area contributed by atoms with E-state index in [4.69, 9.17) is 10.2 Å². The number of rotatable bonds is 5. The minimum Gasteiger partial charge on any atom is -0.479 e. The average Bonchev–Trinajstić information content (AvgIpc) is 3.07. The van der Waals surface area contributed by atoms with Crippen molar-refractivity contribution in [2.45, 2.75) is 37.5 Å². The van der Waals surface area contributed by atoms with Gasteiger partial charge in [-0.25, -0.2) is 9.59 Å². The van der Waals surface area contributed by atoms with Crippen molar-refractivity contribution < 1.29 is 19.8 Å². The highest BCUT2D eigenvalue weighted by molar-refractivity contribution is 5.76. The van der Waals surface area contributed by atoms with Crippen molar-refractivity contribution in [1.82, 2.24) is 15.5 Å². The normalized spacial score (nSPS) is 25.7. The van der Waals surface area contributed by atoms with Gasteiger partial charge in [-0.1, -0.05) is 0 Å². The summed E-state index contributed by atoms with van der Waals surface area (Å²) in [4.78, 5) is 24.2. The summed E-state index contributed by atoms with van der Waals surface area (Å²) in [5.74, 6) is -1.34. The average molecular weight is 257 g/mol. The van der Waals surface area contributed by atoms with E-state index < -0.39 is 18.1 Å². The van der Waals surface area contributed by atoms with E-state index in [0.717, 1.165) is 19.5 Å². The maximum absolute atomic E-state index is 11.5. The molecule has 18 heavy (non-hydrogen) atoms. The van der Waals surface area contributed by atoms with E-state index in [1.165, 1.54) is 12.8 Å². The number of carboxylic acids is 1. The summed E-state index contributed by atoms with van der Waals surface area (Å²) in [7, 11) is 0. The number of carbonyl (C=O) groups is 2. The summed E-state index contributed by atoms with van der Waals surface area (Å²) < 4.78 is 0. The molecule has 2 amide bonds. The molecule has 1 saturated heterocycles. The van der Waals surface area contributed by atoms with Gasteiger partial charge in [-0.3, -0.25) is 4.90 Å². The van der Waals surface area contributed by atoms with Crippen LogP contribution in [0.2, 0.25) is 0 Å².